The summed E-state index contributed by atoms with van der Waals surface area (Å²) in [6.45, 7) is 0.123. The Kier molecular flexibility index (Phi) is 5.14. The summed E-state index contributed by atoms with van der Waals surface area (Å²) in [5.74, 6) is 0.588. The highest BCUT2D eigenvalue weighted by atomic mass is 16.6. The Morgan fingerprint density at radius 3 is 2.26 bits per heavy atom. The first-order chi connectivity index (χ1) is 11.1. The van der Waals surface area contributed by atoms with E-state index < -0.39 is 10.8 Å². The van der Waals surface area contributed by atoms with Gasteiger partial charge in [0.2, 0.25) is 0 Å². The van der Waals surface area contributed by atoms with Gasteiger partial charge in [-0.05, 0) is 18.2 Å². The number of carbonyl (C=O) groups excluding carboxylic acids is 1. The predicted octanol–water partition coefficient (Wildman–Crippen LogP) is 2.54. The Bertz CT molecular complexity index is 708. The van der Waals surface area contributed by atoms with Gasteiger partial charge in [0.15, 0.2) is 0 Å². The molecule has 0 saturated heterocycles. The second-order valence-electron chi connectivity index (χ2n) is 4.60. The Balaban J connectivity index is 2.22. The van der Waals surface area contributed by atoms with Crippen molar-refractivity contribution in [2.45, 2.75) is 6.54 Å². The Morgan fingerprint density at radius 1 is 1.09 bits per heavy atom. The monoisotopic (exact) mass is 316 g/mol. The second kappa shape index (κ2) is 7.26. The van der Waals surface area contributed by atoms with E-state index in [1.54, 1.807) is 24.3 Å². The zero-order chi connectivity index (χ0) is 16.8. The van der Waals surface area contributed by atoms with Crippen LogP contribution in [-0.2, 0) is 6.54 Å². The standard InChI is InChI=1S/C16H16N2O5/c1-22-14-8-5-9-15(23-2)12(14)10-17-16(19)11-6-3-4-7-13(11)18(20)21/h3-9H,10H2,1-2H3,(H,17,19). The van der Waals surface area contributed by atoms with Crippen LogP contribution in [0.3, 0.4) is 0 Å². The molecule has 0 aliphatic heterocycles. The largest absolute Gasteiger partial charge is 0.496 e. The molecule has 0 aromatic heterocycles. The molecule has 0 unspecified atom stereocenters. The molecule has 2 aromatic carbocycles. The first kappa shape index (κ1) is 16.3. The van der Waals surface area contributed by atoms with Gasteiger partial charge in [0, 0.05) is 6.07 Å². The number of ether oxygens (including phenoxy) is 2. The van der Waals surface area contributed by atoms with E-state index >= 15 is 0 Å². The number of nitro benzene ring substituents is 1. The quantitative estimate of drug-likeness (QED) is 0.653. The fourth-order valence-corrected chi connectivity index (χ4v) is 2.19. The van der Waals surface area contributed by atoms with Crippen LogP contribution in [0.25, 0.3) is 0 Å². The van der Waals surface area contributed by atoms with E-state index in [9.17, 15) is 14.9 Å². The molecule has 2 aromatic rings. The Hall–Kier alpha value is -3.09. The second-order valence-corrected chi connectivity index (χ2v) is 4.60. The Morgan fingerprint density at radius 2 is 1.70 bits per heavy atom. The van der Waals surface area contributed by atoms with Gasteiger partial charge in [-0.25, -0.2) is 0 Å². The molecule has 7 nitrogen and oxygen atoms in total. The van der Waals surface area contributed by atoms with Crippen LogP contribution in [0.2, 0.25) is 0 Å². The summed E-state index contributed by atoms with van der Waals surface area (Å²) in [6, 6.07) is 11.0. The first-order valence-electron chi connectivity index (χ1n) is 6.80. The molecule has 0 fully saturated rings. The third-order valence-corrected chi connectivity index (χ3v) is 3.30. The van der Waals surface area contributed by atoms with Crippen LogP contribution in [0.4, 0.5) is 5.69 Å². The molecule has 23 heavy (non-hydrogen) atoms. The molecule has 0 atom stereocenters. The normalized spacial score (nSPS) is 10.0. The molecule has 0 heterocycles. The van der Waals surface area contributed by atoms with Crippen molar-refractivity contribution < 1.29 is 19.2 Å². The van der Waals surface area contributed by atoms with Gasteiger partial charge < -0.3 is 14.8 Å². The van der Waals surface area contributed by atoms with Gasteiger partial charge in [0.1, 0.15) is 17.1 Å². The number of hydrogen-bond acceptors (Lipinski definition) is 5. The summed E-state index contributed by atoms with van der Waals surface area (Å²) in [5.41, 5.74) is 0.424. The zero-order valence-electron chi connectivity index (χ0n) is 12.7. The lowest BCUT2D eigenvalue weighted by atomic mass is 10.1. The predicted molar refractivity (Wildman–Crippen MR) is 83.8 cm³/mol. The molecule has 7 heteroatoms. The van der Waals surface area contributed by atoms with Crippen LogP contribution >= 0.6 is 0 Å². The van der Waals surface area contributed by atoms with Gasteiger partial charge in [-0.2, -0.15) is 0 Å². The van der Waals surface area contributed by atoms with Crippen LogP contribution < -0.4 is 14.8 Å². The van der Waals surface area contributed by atoms with Gasteiger partial charge in [-0.3, -0.25) is 14.9 Å². The number of benzene rings is 2. The highest BCUT2D eigenvalue weighted by Gasteiger charge is 2.20. The maximum absolute atomic E-state index is 12.2. The number of nitrogens with one attached hydrogen (secondary N) is 1. The molecular formula is C16H16N2O5. The SMILES string of the molecule is COc1cccc(OC)c1CNC(=O)c1ccccc1[N+](=O)[O-]. The minimum absolute atomic E-state index is 0.00589. The van der Waals surface area contributed by atoms with Crippen molar-refractivity contribution in [3.05, 3.63) is 63.7 Å². The molecule has 0 spiro atoms. The van der Waals surface area contributed by atoms with Crippen molar-refractivity contribution in [2.24, 2.45) is 0 Å². The van der Waals surface area contributed by atoms with Crippen LogP contribution in [0.15, 0.2) is 42.5 Å². The maximum Gasteiger partial charge on any atom is 0.282 e. The van der Waals surface area contributed by atoms with E-state index in [2.05, 4.69) is 5.32 Å². The fourth-order valence-electron chi connectivity index (χ4n) is 2.19. The summed E-state index contributed by atoms with van der Waals surface area (Å²) in [7, 11) is 3.03. The number of para-hydroxylation sites is 1. The van der Waals surface area contributed by atoms with Crippen molar-refractivity contribution >= 4 is 11.6 Å². The molecule has 0 radical (unpaired) electrons. The van der Waals surface area contributed by atoms with E-state index in [4.69, 9.17) is 9.47 Å². The van der Waals surface area contributed by atoms with Gasteiger partial charge in [0.05, 0.1) is 31.3 Å². The number of nitrogens with zero attached hydrogens (tertiary/aromatic N) is 1. The van der Waals surface area contributed by atoms with E-state index in [1.165, 1.54) is 32.4 Å². The van der Waals surface area contributed by atoms with E-state index in [0.29, 0.717) is 17.1 Å². The van der Waals surface area contributed by atoms with Crippen LogP contribution in [-0.4, -0.2) is 25.1 Å². The van der Waals surface area contributed by atoms with Gasteiger partial charge in [-0.1, -0.05) is 18.2 Å². The number of rotatable bonds is 6. The van der Waals surface area contributed by atoms with Crippen LogP contribution in [0.1, 0.15) is 15.9 Å². The summed E-state index contributed by atoms with van der Waals surface area (Å²) >= 11 is 0. The third-order valence-electron chi connectivity index (χ3n) is 3.30. The van der Waals surface area contributed by atoms with E-state index in [1.807, 2.05) is 0 Å². The fraction of sp³-hybridized carbons (Fsp3) is 0.188. The van der Waals surface area contributed by atoms with Crippen molar-refractivity contribution in [2.75, 3.05) is 14.2 Å². The van der Waals surface area contributed by atoms with Crippen molar-refractivity contribution in [3.8, 4) is 11.5 Å². The third kappa shape index (κ3) is 3.57. The van der Waals surface area contributed by atoms with Gasteiger partial charge in [-0.15, -0.1) is 0 Å². The minimum atomic E-state index is -0.585. The van der Waals surface area contributed by atoms with Gasteiger partial charge >= 0.3 is 0 Å². The minimum Gasteiger partial charge on any atom is -0.496 e. The summed E-state index contributed by atoms with van der Waals surface area (Å²) in [6.07, 6.45) is 0. The smallest absolute Gasteiger partial charge is 0.282 e. The van der Waals surface area contributed by atoms with Crippen molar-refractivity contribution in [3.63, 3.8) is 0 Å². The summed E-state index contributed by atoms with van der Waals surface area (Å²) in [4.78, 5) is 22.6. The summed E-state index contributed by atoms with van der Waals surface area (Å²) < 4.78 is 10.5. The number of methoxy groups -OCH3 is 2. The average Bonchev–Trinajstić information content (AvgIpc) is 2.59. The molecule has 0 saturated carbocycles. The summed E-state index contributed by atoms with van der Waals surface area (Å²) in [5, 5.41) is 13.6. The van der Waals surface area contributed by atoms with Crippen molar-refractivity contribution in [1.82, 2.24) is 5.32 Å². The molecule has 0 bridgehead atoms. The van der Waals surface area contributed by atoms with Gasteiger partial charge in [0.25, 0.3) is 11.6 Å². The molecular weight excluding hydrogens is 300 g/mol. The topological polar surface area (TPSA) is 90.7 Å². The lowest BCUT2D eigenvalue weighted by molar-refractivity contribution is -0.385. The first-order valence-corrected chi connectivity index (χ1v) is 6.80. The maximum atomic E-state index is 12.2. The number of carbonyl (C=O) groups is 1. The van der Waals surface area contributed by atoms with E-state index in [0.717, 1.165) is 0 Å². The molecule has 0 aliphatic rings. The molecule has 1 N–H and O–H groups in total. The Labute approximate surface area is 133 Å². The number of nitro groups is 1. The highest BCUT2D eigenvalue weighted by molar-refractivity contribution is 5.98. The molecule has 2 rings (SSSR count). The van der Waals surface area contributed by atoms with E-state index in [-0.39, 0.29) is 17.8 Å². The number of amides is 1. The zero-order valence-corrected chi connectivity index (χ0v) is 12.7. The van der Waals surface area contributed by atoms with Crippen molar-refractivity contribution in [1.29, 1.82) is 0 Å². The average molecular weight is 316 g/mol. The van der Waals surface area contributed by atoms with Crippen LogP contribution in [0.5, 0.6) is 11.5 Å². The lowest BCUT2D eigenvalue weighted by Gasteiger charge is -2.13. The molecule has 0 aliphatic carbocycles. The molecule has 1 amide bonds. The van der Waals surface area contributed by atoms with Crippen LogP contribution in [0, 0.1) is 10.1 Å². The number of hydrogen-bond donors (Lipinski definition) is 1. The molecule has 120 valence electrons. The highest BCUT2D eigenvalue weighted by Crippen LogP contribution is 2.28. The lowest BCUT2D eigenvalue weighted by Crippen LogP contribution is -2.24.